The summed E-state index contributed by atoms with van der Waals surface area (Å²) >= 11 is 0. The third-order valence-electron chi connectivity index (χ3n) is 3.66. The van der Waals surface area contributed by atoms with Gasteiger partial charge in [0.05, 0.1) is 12.8 Å². The Morgan fingerprint density at radius 3 is 2.54 bits per heavy atom. The Hall–Kier alpha value is -2.25. The summed E-state index contributed by atoms with van der Waals surface area (Å²) in [6, 6.07) is 9.07. The van der Waals surface area contributed by atoms with Crippen molar-refractivity contribution in [1.29, 1.82) is 0 Å². The summed E-state index contributed by atoms with van der Waals surface area (Å²) in [5.74, 6) is -0.382. The molecular weight excluding hydrogens is 326 g/mol. The van der Waals surface area contributed by atoms with Crippen LogP contribution in [-0.2, 0) is 21.4 Å². The fourth-order valence-corrected chi connectivity index (χ4v) is 2.90. The number of sulfonamides is 1. The second-order valence-corrected chi connectivity index (χ2v) is 7.72. The monoisotopic (exact) mass is 347 g/mol. The average Bonchev–Trinajstić information content (AvgIpc) is 2.50. The Labute approximate surface area is 142 Å². The van der Waals surface area contributed by atoms with Crippen molar-refractivity contribution in [2.75, 3.05) is 18.1 Å². The molecule has 0 aliphatic heterocycles. The number of pyridine rings is 1. The van der Waals surface area contributed by atoms with Crippen molar-refractivity contribution in [2.24, 2.45) is 0 Å². The van der Waals surface area contributed by atoms with Gasteiger partial charge < -0.3 is 5.32 Å². The quantitative estimate of drug-likeness (QED) is 0.868. The Kier molecular flexibility index (Phi) is 5.69. The first-order valence-corrected chi connectivity index (χ1v) is 9.31. The lowest BCUT2D eigenvalue weighted by Gasteiger charge is -2.19. The van der Waals surface area contributed by atoms with Crippen LogP contribution in [0.1, 0.15) is 16.7 Å². The molecule has 2 aromatic rings. The standard InChI is InChI=1S/C17H21N3O3S/c1-13-6-7-16(9-14(13)2)19-17(21)12-20(24(3,22)23)11-15-5-4-8-18-10-15/h4-10H,11-12H2,1-3H3,(H,19,21). The second kappa shape index (κ2) is 7.55. The molecule has 0 saturated heterocycles. The minimum absolute atomic E-state index is 0.104. The maximum atomic E-state index is 12.2. The van der Waals surface area contributed by atoms with Crippen LogP contribution in [0.2, 0.25) is 0 Å². The normalized spacial score (nSPS) is 11.5. The lowest BCUT2D eigenvalue weighted by Crippen LogP contribution is -2.36. The molecule has 24 heavy (non-hydrogen) atoms. The van der Waals surface area contributed by atoms with Crippen molar-refractivity contribution in [3.8, 4) is 0 Å². The van der Waals surface area contributed by atoms with E-state index >= 15 is 0 Å². The maximum Gasteiger partial charge on any atom is 0.239 e. The van der Waals surface area contributed by atoms with Crippen molar-refractivity contribution < 1.29 is 13.2 Å². The Balaban J connectivity index is 2.08. The van der Waals surface area contributed by atoms with Crippen molar-refractivity contribution in [3.63, 3.8) is 0 Å². The molecule has 6 nitrogen and oxygen atoms in total. The Morgan fingerprint density at radius 2 is 1.96 bits per heavy atom. The molecule has 7 heteroatoms. The van der Waals surface area contributed by atoms with Gasteiger partial charge in [0, 0.05) is 24.6 Å². The highest BCUT2D eigenvalue weighted by Crippen LogP contribution is 2.14. The summed E-state index contributed by atoms with van der Waals surface area (Å²) in [4.78, 5) is 16.2. The molecule has 0 atom stereocenters. The molecule has 128 valence electrons. The van der Waals surface area contributed by atoms with E-state index in [1.807, 2.05) is 26.0 Å². The van der Waals surface area contributed by atoms with Crippen LogP contribution in [0.25, 0.3) is 0 Å². The highest BCUT2D eigenvalue weighted by atomic mass is 32.2. The van der Waals surface area contributed by atoms with Crippen molar-refractivity contribution in [1.82, 2.24) is 9.29 Å². The van der Waals surface area contributed by atoms with E-state index in [2.05, 4.69) is 10.3 Å². The van der Waals surface area contributed by atoms with E-state index in [0.717, 1.165) is 27.3 Å². The molecule has 2 rings (SSSR count). The molecule has 0 unspecified atom stereocenters. The van der Waals surface area contributed by atoms with Gasteiger partial charge in [0.1, 0.15) is 0 Å². The summed E-state index contributed by atoms with van der Waals surface area (Å²) in [5, 5.41) is 2.74. The number of nitrogens with zero attached hydrogens (tertiary/aromatic N) is 2. The lowest BCUT2D eigenvalue weighted by atomic mass is 10.1. The number of amides is 1. The first-order valence-electron chi connectivity index (χ1n) is 7.47. The molecule has 0 saturated carbocycles. The molecule has 0 aliphatic rings. The third kappa shape index (κ3) is 5.14. The summed E-state index contributed by atoms with van der Waals surface area (Å²) in [5.41, 5.74) is 3.56. The van der Waals surface area contributed by atoms with Crippen LogP contribution in [0.4, 0.5) is 5.69 Å². The van der Waals surface area contributed by atoms with Crippen LogP contribution in [0, 0.1) is 13.8 Å². The zero-order valence-corrected chi connectivity index (χ0v) is 14.8. The predicted molar refractivity (Wildman–Crippen MR) is 94.0 cm³/mol. The largest absolute Gasteiger partial charge is 0.325 e. The minimum Gasteiger partial charge on any atom is -0.325 e. The second-order valence-electron chi connectivity index (χ2n) is 5.74. The van der Waals surface area contributed by atoms with Crippen LogP contribution in [0.3, 0.4) is 0 Å². The molecule has 0 spiro atoms. The van der Waals surface area contributed by atoms with E-state index < -0.39 is 10.0 Å². The van der Waals surface area contributed by atoms with Gasteiger partial charge in [0.25, 0.3) is 0 Å². The Morgan fingerprint density at radius 1 is 1.21 bits per heavy atom. The van der Waals surface area contributed by atoms with Gasteiger partial charge in [-0.2, -0.15) is 4.31 Å². The molecule has 1 heterocycles. The predicted octanol–water partition coefficient (Wildman–Crippen LogP) is 2.10. The molecule has 1 aromatic carbocycles. The van der Waals surface area contributed by atoms with Crippen LogP contribution >= 0.6 is 0 Å². The summed E-state index contributed by atoms with van der Waals surface area (Å²) in [7, 11) is -3.52. The van der Waals surface area contributed by atoms with Crippen LogP contribution in [0.15, 0.2) is 42.7 Å². The fourth-order valence-electron chi connectivity index (χ4n) is 2.17. The molecule has 0 bridgehead atoms. The van der Waals surface area contributed by atoms with Gasteiger partial charge in [-0.1, -0.05) is 12.1 Å². The number of hydrogen-bond donors (Lipinski definition) is 1. The zero-order valence-electron chi connectivity index (χ0n) is 14.0. The van der Waals surface area contributed by atoms with Gasteiger partial charge in [-0.05, 0) is 48.7 Å². The van der Waals surface area contributed by atoms with Crippen molar-refractivity contribution in [2.45, 2.75) is 20.4 Å². The summed E-state index contributed by atoms with van der Waals surface area (Å²) in [6.45, 7) is 3.80. The number of rotatable bonds is 6. The van der Waals surface area contributed by atoms with Crippen LogP contribution in [-0.4, -0.2) is 36.4 Å². The van der Waals surface area contributed by atoms with E-state index in [9.17, 15) is 13.2 Å². The highest BCUT2D eigenvalue weighted by molar-refractivity contribution is 7.88. The van der Waals surface area contributed by atoms with E-state index in [1.54, 1.807) is 30.6 Å². The topological polar surface area (TPSA) is 79.4 Å². The highest BCUT2D eigenvalue weighted by Gasteiger charge is 2.20. The molecule has 1 amide bonds. The van der Waals surface area contributed by atoms with E-state index in [4.69, 9.17) is 0 Å². The zero-order chi connectivity index (χ0) is 17.7. The minimum atomic E-state index is -3.52. The number of aromatic nitrogens is 1. The molecule has 0 aliphatic carbocycles. The summed E-state index contributed by atoms with van der Waals surface area (Å²) in [6.07, 6.45) is 4.28. The van der Waals surface area contributed by atoms with E-state index in [1.165, 1.54) is 0 Å². The number of carbonyl (C=O) groups excluding carboxylic acids is 1. The first-order chi connectivity index (χ1) is 11.3. The number of benzene rings is 1. The van der Waals surface area contributed by atoms with Crippen LogP contribution < -0.4 is 5.32 Å². The van der Waals surface area contributed by atoms with Crippen LogP contribution in [0.5, 0.6) is 0 Å². The number of hydrogen-bond acceptors (Lipinski definition) is 4. The van der Waals surface area contributed by atoms with Gasteiger partial charge >= 0.3 is 0 Å². The van der Waals surface area contributed by atoms with E-state index in [0.29, 0.717) is 5.69 Å². The van der Waals surface area contributed by atoms with Gasteiger partial charge in [-0.25, -0.2) is 8.42 Å². The van der Waals surface area contributed by atoms with Gasteiger partial charge in [0.2, 0.25) is 15.9 Å². The SMILES string of the molecule is Cc1ccc(NC(=O)CN(Cc2cccnc2)S(C)(=O)=O)cc1C. The molecule has 1 N–H and O–H groups in total. The molecular formula is C17H21N3O3S. The maximum absolute atomic E-state index is 12.2. The summed E-state index contributed by atoms with van der Waals surface area (Å²) < 4.78 is 25.0. The van der Waals surface area contributed by atoms with Gasteiger partial charge in [-0.3, -0.25) is 9.78 Å². The van der Waals surface area contributed by atoms with Gasteiger partial charge in [0.15, 0.2) is 0 Å². The molecule has 0 radical (unpaired) electrons. The first kappa shape index (κ1) is 18.1. The number of carbonyl (C=O) groups is 1. The van der Waals surface area contributed by atoms with Crippen molar-refractivity contribution >= 4 is 21.6 Å². The lowest BCUT2D eigenvalue weighted by molar-refractivity contribution is -0.116. The molecule has 1 aromatic heterocycles. The number of aryl methyl sites for hydroxylation is 2. The third-order valence-corrected chi connectivity index (χ3v) is 4.86. The number of nitrogens with one attached hydrogen (secondary N) is 1. The van der Waals surface area contributed by atoms with E-state index in [-0.39, 0.29) is 19.0 Å². The Bertz CT molecular complexity index is 820. The molecule has 0 fully saturated rings. The number of anilines is 1. The average molecular weight is 347 g/mol. The van der Waals surface area contributed by atoms with Gasteiger partial charge in [-0.15, -0.1) is 0 Å². The fraction of sp³-hybridized carbons (Fsp3) is 0.294. The van der Waals surface area contributed by atoms with Crippen molar-refractivity contribution in [3.05, 3.63) is 59.4 Å². The smallest absolute Gasteiger partial charge is 0.239 e.